The van der Waals surface area contributed by atoms with Crippen LogP contribution >= 0.6 is 0 Å². The van der Waals surface area contributed by atoms with Crippen LogP contribution in [-0.4, -0.2) is 28.8 Å². The predicted octanol–water partition coefficient (Wildman–Crippen LogP) is 2.08. The van der Waals surface area contributed by atoms with Gasteiger partial charge >= 0.3 is 12.1 Å². The Morgan fingerprint density at radius 1 is 1.38 bits per heavy atom. The number of rotatable bonds is 4. The Morgan fingerprint density at radius 2 is 2.00 bits per heavy atom. The number of aliphatic carboxylic acids is 1. The van der Waals surface area contributed by atoms with Crippen LogP contribution in [0, 0.1) is 11.3 Å². The second-order valence-corrected chi connectivity index (χ2v) is 5.51. The molecule has 0 heterocycles. The zero-order valence-electron chi connectivity index (χ0n) is 12.2. The van der Waals surface area contributed by atoms with Gasteiger partial charge in [-0.2, -0.15) is 5.26 Å². The first-order chi connectivity index (χ1) is 9.73. The molecule has 0 bridgehead atoms. The van der Waals surface area contributed by atoms with Crippen LogP contribution in [0.25, 0.3) is 0 Å². The highest BCUT2D eigenvalue weighted by Crippen LogP contribution is 2.11. The fourth-order valence-electron chi connectivity index (χ4n) is 1.68. The van der Waals surface area contributed by atoms with Gasteiger partial charge in [0.15, 0.2) is 0 Å². The first-order valence-corrected chi connectivity index (χ1v) is 6.43. The number of nitrogens with one attached hydrogen (secondary N) is 1. The Kier molecular flexibility index (Phi) is 5.30. The summed E-state index contributed by atoms with van der Waals surface area (Å²) in [5, 5.41) is 20.5. The lowest BCUT2D eigenvalue weighted by Gasteiger charge is -2.22. The normalized spacial score (nSPS) is 12.1. The number of hydrogen-bond acceptors (Lipinski definition) is 4. The van der Waals surface area contributed by atoms with Crippen LogP contribution in [0.1, 0.15) is 31.9 Å². The lowest BCUT2D eigenvalue weighted by Crippen LogP contribution is -2.44. The van der Waals surface area contributed by atoms with Gasteiger partial charge in [0.1, 0.15) is 11.6 Å². The molecule has 112 valence electrons. The summed E-state index contributed by atoms with van der Waals surface area (Å²) in [7, 11) is 0. The monoisotopic (exact) mass is 290 g/mol. The second-order valence-electron chi connectivity index (χ2n) is 5.51. The van der Waals surface area contributed by atoms with Gasteiger partial charge in [-0.3, -0.25) is 0 Å². The zero-order valence-corrected chi connectivity index (χ0v) is 12.2. The van der Waals surface area contributed by atoms with Crippen LogP contribution in [0.4, 0.5) is 4.79 Å². The Bertz CT molecular complexity index is 570. The number of carbonyl (C=O) groups is 2. The molecular formula is C15H18N2O4. The molecule has 0 unspecified atom stereocenters. The van der Waals surface area contributed by atoms with Crippen LogP contribution in [0.5, 0.6) is 0 Å². The van der Waals surface area contributed by atoms with E-state index in [4.69, 9.17) is 10.00 Å². The van der Waals surface area contributed by atoms with Crippen molar-refractivity contribution in [3.8, 4) is 6.07 Å². The van der Waals surface area contributed by atoms with E-state index in [2.05, 4.69) is 5.32 Å². The first-order valence-electron chi connectivity index (χ1n) is 6.43. The summed E-state index contributed by atoms with van der Waals surface area (Å²) < 4.78 is 5.03. The molecule has 0 aromatic heterocycles. The second kappa shape index (κ2) is 6.75. The third kappa shape index (κ3) is 5.53. The quantitative estimate of drug-likeness (QED) is 0.884. The number of carboxylic acids is 1. The molecule has 6 nitrogen and oxygen atoms in total. The van der Waals surface area contributed by atoms with Crippen molar-refractivity contribution >= 4 is 12.1 Å². The average molecular weight is 290 g/mol. The molecule has 1 aromatic carbocycles. The van der Waals surface area contributed by atoms with E-state index in [1.165, 1.54) is 0 Å². The SMILES string of the molecule is CC(C)(C)OC(=O)N[C@@H](Cc1ccccc1C#N)C(=O)O. The van der Waals surface area contributed by atoms with Gasteiger partial charge < -0.3 is 15.2 Å². The van der Waals surface area contributed by atoms with E-state index in [9.17, 15) is 14.7 Å². The predicted molar refractivity (Wildman–Crippen MR) is 75.7 cm³/mol. The molecule has 1 rings (SSSR count). The summed E-state index contributed by atoms with van der Waals surface area (Å²) >= 11 is 0. The van der Waals surface area contributed by atoms with Gasteiger partial charge in [0.2, 0.25) is 0 Å². The van der Waals surface area contributed by atoms with Crippen molar-refractivity contribution in [1.82, 2.24) is 5.32 Å². The smallest absolute Gasteiger partial charge is 0.408 e. The number of hydrogen-bond donors (Lipinski definition) is 2. The summed E-state index contributed by atoms with van der Waals surface area (Å²) in [5.41, 5.74) is 0.232. The van der Waals surface area contributed by atoms with E-state index in [-0.39, 0.29) is 6.42 Å². The van der Waals surface area contributed by atoms with E-state index < -0.39 is 23.7 Å². The average Bonchev–Trinajstić information content (AvgIpc) is 2.36. The molecule has 0 radical (unpaired) electrons. The number of ether oxygens (including phenoxy) is 1. The number of alkyl carbamates (subject to hydrolysis) is 1. The van der Waals surface area contributed by atoms with Crippen LogP contribution in [0.15, 0.2) is 24.3 Å². The highest BCUT2D eigenvalue weighted by Gasteiger charge is 2.24. The van der Waals surface area contributed by atoms with Crippen molar-refractivity contribution in [2.75, 3.05) is 0 Å². The topological polar surface area (TPSA) is 99.4 Å². The van der Waals surface area contributed by atoms with Crippen LogP contribution in [0.3, 0.4) is 0 Å². The summed E-state index contributed by atoms with van der Waals surface area (Å²) in [4.78, 5) is 22.9. The lowest BCUT2D eigenvalue weighted by molar-refractivity contribution is -0.139. The molecule has 1 atom stereocenters. The van der Waals surface area contributed by atoms with Crippen LogP contribution in [-0.2, 0) is 16.0 Å². The number of nitrogens with zero attached hydrogens (tertiary/aromatic N) is 1. The number of benzene rings is 1. The van der Waals surface area contributed by atoms with Crippen LogP contribution < -0.4 is 5.32 Å². The highest BCUT2D eigenvalue weighted by atomic mass is 16.6. The number of carbonyl (C=O) groups excluding carboxylic acids is 1. The molecule has 2 N–H and O–H groups in total. The maximum atomic E-state index is 11.7. The molecule has 0 aliphatic rings. The fraction of sp³-hybridized carbons (Fsp3) is 0.400. The summed E-state index contributed by atoms with van der Waals surface area (Å²) in [6.45, 7) is 5.06. The first kappa shape index (κ1) is 16.5. The Morgan fingerprint density at radius 3 is 2.52 bits per heavy atom. The summed E-state index contributed by atoms with van der Waals surface area (Å²) in [5.74, 6) is -1.19. The largest absolute Gasteiger partial charge is 0.480 e. The Labute approximate surface area is 123 Å². The maximum Gasteiger partial charge on any atom is 0.408 e. The van der Waals surface area contributed by atoms with Crippen molar-refractivity contribution in [3.63, 3.8) is 0 Å². The molecule has 0 saturated carbocycles. The van der Waals surface area contributed by atoms with Crippen LogP contribution in [0.2, 0.25) is 0 Å². The van der Waals surface area contributed by atoms with E-state index in [0.717, 1.165) is 0 Å². The summed E-state index contributed by atoms with van der Waals surface area (Å²) in [6, 6.07) is 7.50. The minimum absolute atomic E-state index is 0.0122. The molecule has 21 heavy (non-hydrogen) atoms. The van der Waals surface area contributed by atoms with E-state index in [1.54, 1.807) is 45.0 Å². The van der Waals surface area contributed by atoms with Gasteiger partial charge in [0.05, 0.1) is 11.6 Å². The van der Waals surface area contributed by atoms with E-state index >= 15 is 0 Å². The molecule has 0 aliphatic heterocycles. The van der Waals surface area contributed by atoms with Gasteiger partial charge in [0.25, 0.3) is 0 Å². The molecule has 0 saturated heterocycles. The zero-order chi connectivity index (χ0) is 16.0. The maximum absolute atomic E-state index is 11.7. The highest BCUT2D eigenvalue weighted by molar-refractivity contribution is 5.80. The standard InChI is InChI=1S/C15H18N2O4/c1-15(2,3)21-14(20)17-12(13(18)19)8-10-6-4-5-7-11(10)9-16/h4-7,12H,8H2,1-3H3,(H,17,20)(H,18,19)/t12-/m0/s1. The molecular weight excluding hydrogens is 272 g/mol. The summed E-state index contributed by atoms with van der Waals surface area (Å²) in [6.07, 6.45) is -0.789. The lowest BCUT2D eigenvalue weighted by atomic mass is 10.0. The molecule has 6 heteroatoms. The van der Waals surface area contributed by atoms with E-state index in [1.807, 2.05) is 6.07 Å². The number of amides is 1. The minimum Gasteiger partial charge on any atom is -0.480 e. The van der Waals surface area contributed by atoms with Crippen molar-refractivity contribution in [2.45, 2.75) is 38.8 Å². The number of carboxylic acid groups (broad SMARTS) is 1. The van der Waals surface area contributed by atoms with Crippen molar-refractivity contribution < 1.29 is 19.4 Å². The molecule has 0 fully saturated rings. The van der Waals surface area contributed by atoms with Crippen molar-refractivity contribution in [2.24, 2.45) is 0 Å². The van der Waals surface area contributed by atoms with Gasteiger partial charge in [-0.25, -0.2) is 9.59 Å². The third-order valence-corrected chi connectivity index (χ3v) is 2.55. The number of nitriles is 1. The molecule has 1 amide bonds. The Balaban J connectivity index is 2.82. The van der Waals surface area contributed by atoms with Crippen molar-refractivity contribution in [1.29, 1.82) is 5.26 Å². The molecule has 0 spiro atoms. The van der Waals surface area contributed by atoms with Crippen molar-refractivity contribution in [3.05, 3.63) is 35.4 Å². The molecule has 1 aromatic rings. The minimum atomic E-state index is -1.19. The third-order valence-electron chi connectivity index (χ3n) is 2.55. The van der Waals surface area contributed by atoms with Gasteiger partial charge in [-0.15, -0.1) is 0 Å². The van der Waals surface area contributed by atoms with Gasteiger partial charge in [-0.05, 0) is 32.4 Å². The fourth-order valence-corrected chi connectivity index (χ4v) is 1.68. The Hall–Kier alpha value is -2.55. The van der Waals surface area contributed by atoms with E-state index in [0.29, 0.717) is 11.1 Å². The van der Waals surface area contributed by atoms with Gasteiger partial charge in [-0.1, -0.05) is 18.2 Å². The molecule has 0 aliphatic carbocycles. The van der Waals surface area contributed by atoms with Gasteiger partial charge in [0, 0.05) is 6.42 Å².